The number of hydrogen-bond acceptors (Lipinski definition) is 3. The quantitative estimate of drug-likeness (QED) is 0.836. The van der Waals surface area contributed by atoms with E-state index in [9.17, 15) is 0 Å². The van der Waals surface area contributed by atoms with Gasteiger partial charge in [-0.2, -0.15) is 0 Å². The SMILES string of the molecule is CN(Cc1cccs1)Cc1ccccc1CNC1CC1. The van der Waals surface area contributed by atoms with E-state index in [-0.39, 0.29) is 0 Å². The minimum Gasteiger partial charge on any atom is -0.310 e. The first kappa shape index (κ1) is 13.8. The van der Waals surface area contributed by atoms with Crippen LogP contribution in [0, 0.1) is 0 Å². The molecule has 1 aliphatic carbocycles. The highest BCUT2D eigenvalue weighted by Gasteiger charge is 2.20. The first-order valence-corrected chi connectivity index (χ1v) is 8.20. The minimum atomic E-state index is 0.770. The van der Waals surface area contributed by atoms with Gasteiger partial charge in [0.25, 0.3) is 0 Å². The average Bonchev–Trinajstić information content (AvgIpc) is 3.14. The number of benzene rings is 1. The van der Waals surface area contributed by atoms with Gasteiger partial charge in [-0.1, -0.05) is 30.3 Å². The third-order valence-corrected chi connectivity index (χ3v) is 4.58. The monoisotopic (exact) mass is 286 g/mol. The lowest BCUT2D eigenvalue weighted by atomic mass is 10.1. The van der Waals surface area contributed by atoms with Gasteiger partial charge in [0.1, 0.15) is 0 Å². The fraction of sp³-hybridized carbons (Fsp3) is 0.412. The van der Waals surface area contributed by atoms with Crippen molar-refractivity contribution in [2.45, 2.75) is 38.5 Å². The van der Waals surface area contributed by atoms with Crippen LogP contribution in [0.2, 0.25) is 0 Å². The lowest BCUT2D eigenvalue weighted by molar-refractivity contribution is 0.320. The van der Waals surface area contributed by atoms with E-state index in [1.54, 1.807) is 0 Å². The van der Waals surface area contributed by atoms with Crippen LogP contribution in [0.25, 0.3) is 0 Å². The standard InChI is InChI=1S/C17H22N2S/c1-19(13-17-7-4-10-20-17)12-15-6-3-2-5-14(15)11-18-16-8-9-16/h2-7,10,16,18H,8-9,11-13H2,1H3. The molecule has 106 valence electrons. The van der Waals surface area contributed by atoms with Crippen LogP contribution < -0.4 is 5.32 Å². The zero-order chi connectivity index (χ0) is 13.8. The summed E-state index contributed by atoms with van der Waals surface area (Å²) in [6.07, 6.45) is 2.70. The molecule has 0 aliphatic heterocycles. The zero-order valence-corrected chi connectivity index (χ0v) is 12.8. The third-order valence-electron chi connectivity index (χ3n) is 3.72. The van der Waals surface area contributed by atoms with Crippen molar-refractivity contribution in [2.24, 2.45) is 0 Å². The van der Waals surface area contributed by atoms with Gasteiger partial charge in [-0.05, 0) is 42.5 Å². The Labute approximate surface area is 125 Å². The van der Waals surface area contributed by atoms with Crippen molar-refractivity contribution < 1.29 is 0 Å². The number of thiophene rings is 1. The summed E-state index contributed by atoms with van der Waals surface area (Å²) in [5.41, 5.74) is 2.89. The molecule has 1 saturated carbocycles. The van der Waals surface area contributed by atoms with Gasteiger partial charge in [-0.15, -0.1) is 11.3 Å². The van der Waals surface area contributed by atoms with E-state index < -0.39 is 0 Å². The van der Waals surface area contributed by atoms with Gasteiger partial charge < -0.3 is 5.32 Å². The number of nitrogens with zero attached hydrogens (tertiary/aromatic N) is 1. The molecule has 0 atom stereocenters. The number of nitrogens with one attached hydrogen (secondary N) is 1. The fourth-order valence-corrected chi connectivity index (χ4v) is 3.23. The van der Waals surface area contributed by atoms with E-state index >= 15 is 0 Å². The molecule has 1 N–H and O–H groups in total. The second-order valence-electron chi connectivity index (χ2n) is 5.68. The first-order valence-electron chi connectivity index (χ1n) is 7.32. The first-order chi connectivity index (χ1) is 9.81. The van der Waals surface area contributed by atoms with E-state index in [2.05, 4.69) is 59.0 Å². The zero-order valence-electron chi connectivity index (χ0n) is 12.0. The lowest BCUT2D eigenvalue weighted by Crippen LogP contribution is -2.20. The Kier molecular flexibility index (Phi) is 4.51. The highest BCUT2D eigenvalue weighted by Crippen LogP contribution is 2.20. The van der Waals surface area contributed by atoms with E-state index in [4.69, 9.17) is 0 Å². The highest BCUT2D eigenvalue weighted by atomic mass is 32.1. The van der Waals surface area contributed by atoms with Crippen LogP contribution in [0.5, 0.6) is 0 Å². The predicted octanol–water partition coefficient (Wildman–Crippen LogP) is 3.63. The molecule has 20 heavy (non-hydrogen) atoms. The Morgan fingerprint density at radius 2 is 1.90 bits per heavy atom. The normalized spacial score (nSPS) is 14.9. The summed E-state index contributed by atoms with van der Waals surface area (Å²) < 4.78 is 0. The van der Waals surface area contributed by atoms with Crippen LogP contribution in [-0.2, 0) is 19.6 Å². The molecule has 1 fully saturated rings. The highest BCUT2D eigenvalue weighted by molar-refractivity contribution is 7.09. The van der Waals surface area contributed by atoms with Crippen LogP contribution in [0.1, 0.15) is 28.8 Å². The molecule has 2 aromatic rings. The van der Waals surface area contributed by atoms with Crippen molar-refractivity contribution in [1.82, 2.24) is 10.2 Å². The summed E-state index contributed by atoms with van der Waals surface area (Å²) in [5.74, 6) is 0. The fourth-order valence-electron chi connectivity index (χ4n) is 2.44. The maximum absolute atomic E-state index is 3.62. The molecule has 1 heterocycles. The van der Waals surface area contributed by atoms with Gasteiger partial charge in [0.05, 0.1) is 0 Å². The molecule has 1 aromatic heterocycles. The van der Waals surface area contributed by atoms with E-state index in [1.807, 2.05) is 11.3 Å². The number of rotatable bonds is 7. The number of hydrogen-bond donors (Lipinski definition) is 1. The Hall–Kier alpha value is -1.16. The topological polar surface area (TPSA) is 15.3 Å². The Morgan fingerprint density at radius 1 is 1.10 bits per heavy atom. The smallest absolute Gasteiger partial charge is 0.0328 e. The molecule has 0 amide bonds. The predicted molar refractivity (Wildman–Crippen MR) is 85.8 cm³/mol. The van der Waals surface area contributed by atoms with E-state index in [0.717, 1.165) is 25.7 Å². The molecule has 0 spiro atoms. The molecule has 0 saturated heterocycles. The van der Waals surface area contributed by atoms with Crippen molar-refractivity contribution in [3.8, 4) is 0 Å². The molecule has 3 heteroatoms. The average molecular weight is 286 g/mol. The summed E-state index contributed by atoms with van der Waals surface area (Å²) in [6, 6.07) is 13.9. The van der Waals surface area contributed by atoms with Gasteiger partial charge in [-0.25, -0.2) is 0 Å². The van der Waals surface area contributed by atoms with Crippen molar-refractivity contribution in [2.75, 3.05) is 7.05 Å². The van der Waals surface area contributed by atoms with Crippen molar-refractivity contribution >= 4 is 11.3 Å². The minimum absolute atomic E-state index is 0.770. The van der Waals surface area contributed by atoms with Gasteiger partial charge in [0.2, 0.25) is 0 Å². The van der Waals surface area contributed by atoms with Crippen LogP contribution >= 0.6 is 11.3 Å². The van der Waals surface area contributed by atoms with E-state index in [0.29, 0.717) is 0 Å². The second-order valence-corrected chi connectivity index (χ2v) is 6.71. The van der Waals surface area contributed by atoms with Crippen molar-refractivity contribution in [3.63, 3.8) is 0 Å². The third kappa shape index (κ3) is 3.92. The van der Waals surface area contributed by atoms with Gasteiger partial charge in [-0.3, -0.25) is 4.90 Å². The maximum atomic E-state index is 3.62. The molecule has 0 bridgehead atoms. The van der Waals surface area contributed by atoms with Crippen LogP contribution in [0.4, 0.5) is 0 Å². The summed E-state index contributed by atoms with van der Waals surface area (Å²) >= 11 is 1.83. The second kappa shape index (κ2) is 6.53. The summed E-state index contributed by atoms with van der Waals surface area (Å²) in [5, 5.41) is 5.77. The molecule has 0 unspecified atom stereocenters. The maximum Gasteiger partial charge on any atom is 0.0328 e. The van der Waals surface area contributed by atoms with Gasteiger partial charge >= 0.3 is 0 Å². The van der Waals surface area contributed by atoms with Crippen LogP contribution in [0.15, 0.2) is 41.8 Å². The Morgan fingerprint density at radius 3 is 2.60 bits per heavy atom. The molecule has 1 aliphatic rings. The van der Waals surface area contributed by atoms with Gasteiger partial charge in [0, 0.05) is 30.6 Å². The van der Waals surface area contributed by atoms with Crippen molar-refractivity contribution in [3.05, 3.63) is 57.8 Å². The summed E-state index contributed by atoms with van der Waals surface area (Å²) in [7, 11) is 2.20. The van der Waals surface area contributed by atoms with Crippen LogP contribution in [-0.4, -0.2) is 18.0 Å². The molecule has 3 rings (SSSR count). The van der Waals surface area contributed by atoms with E-state index in [1.165, 1.54) is 28.8 Å². The lowest BCUT2D eigenvalue weighted by Gasteiger charge is -2.18. The molecule has 0 radical (unpaired) electrons. The molecule has 2 nitrogen and oxygen atoms in total. The molecule has 1 aromatic carbocycles. The largest absolute Gasteiger partial charge is 0.310 e. The Balaban J connectivity index is 1.60. The van der Waals surface area contributed by atoms with Crippen LogP contribution in [0.3, 0.4) is 0 Å². The summed E-state index contributed by atoms with van der Waals surface area (Å²) in [6.45, 7) is 3.05. The molecular formula is C17H22N2S. The van der Waals surface area contributed by atoms with Gasteiger partial charge in [0.15, 0.2) is 0 Å². The molecular weight excluding hydrogens is 264 g/mol. The van der Waals surface area contributed by atoms with Crippen molar-refractivity contribution in [1.29, 1.82) is 0 Å². The summed E-state index contributed by atoms with van der Waals surface area (Å²) in [4.78, 5) is 3.82. The Bertz CT molecular complexity index is 532.